The number of para-hydroxylation sites is 1. The summed E-state index contributed by atoms with van der Waals surface area (Å²) in [7, 11) is 0. The van der Waals surface area contributed by atoms with Crippen LogP contribution in [0.25, 0.3) is 0 Å². The zero-order valence-corrected chi connectivity index (χ0v) is 10.4. The van der Waals surface area contributed by atoms with Crippen LogP contribution in [0.2, 0.25) is 0 Å². The van der Waals surface area contributed by atoms with Crippen LogP contribution in [0.1, 0.15) is 15.9 Å². The molecule has 5 nitrogen and oxygen atoms in total. The first-order chi connectivity index (χ1) is 9.19. The van der Waals surface area contributed by atoms with E-state index in [9.17, 15) is 9.59 Å². The van der Waals surface area contributed by atoms with Crippen molar-refractivity contribution in [3.63, 3.8) is 0 Å². The van der Waals surface area contributed by atoms with Crippen LogP contribution in [0, 0.1) is 6.92 Å². The molecule has 2 N–H and O–H groups in total. The molecule has 0 bridgehead atoms. The number of nitrogens with one attached hydrogen (secondary N) is 2. The fourth-order valence-electron chi connectivity index (χ4n) is 1.53. The van der Waals surface area contributed by atoms with Gasteiger partial charge in [0, 0.05) is 11.8 Å². The van der Waals surface area contributed by atoms with E-state index in [0.717, 1.165) is 5.56 Å². The maximum absolute atomic E-state index is 11.8. The number of hydrogen-bond acceptors (Lipinski definition) is 3. The molecule has 1 heterocycles. The molecule has 1 aromatic heterocycles. The van der Waals surface area contributed by atoms with Crippen LogP contribution in [0.3, 0.4) is 0 Å². The van der Waals surface area contributed by atoms with Crippen molar-refractivity contribution in [3.05, 3.63) is 53.7 Å². The summed E-state index contributed by atoms with van der Waals surface area (Å²) in [4.78, 5) is 26.6. The fourth-order valence-corrected chi connectivity index (χ4v) is 1.53. The molecule has 0 unspecified atom stereocenters. The summed E-state index contributed by atoms with van der Waals surface area (Å²) in [6.45, 7) is 1.91. The van der Waals surface area contributed by atoms with Crippen LogP contribution >= 0.6 is 0 Å². The Morgan fingerprint density at radius 1 is 1.16 bits per heavy atom. The normalized spacial score (nSPS) is 9.74. The molecule has 0 fully saturated rings. The van der Waals surface area contributed by atoms with Gasteiger partial charge in [0.15, 0.2) is 6.29 Å². The van der Waals surface area contributed by atoms with E-state index in [4.69, 9.17) is 0 Å². The number of amides is 2. The first-order valence-corrected chi connectivity index (χ1v) is 5.74. The number of aryl methyl sites for hydroxylation is 1. The lowest BCUT2D eigenvalue weighted by Crippen LogP contribution is -2.20. The van der Waals surface area contributed by atoms with E-state index >= 15 is 0 Å². The van der Waals surface area contributed by atoms with Crippen molar-refractivity contribution in [2.75, 3.05) is 10.6 Å². The van der Waals surface area contributed by atoms with Gasteiger partial charge in [-0.25, -0.2) is 9.78 Å². The van der Waals surface area contributed by atoms with E-state index in [1.807, 2.05) is 13.0 Å². The lowest BCUT2D eigenvalue weighted by Gasteiger charge is -2.08. The number of aldehydes is 1. The minimum Gasteiger partial charge on any atom is -0.307 e. The minimum atomic E-state index is -0.439. The first-order valence-electron chi connectivity index (χ1n) is 5.74. The summed E-state index contributed by atoms with van der Waals surface area (Å²) in [5.41, 5.74) is 1.90. The second kappa shape index (κ2) is 5.77. The largest absolute Gasteiger partial charge is 0.324 e. The van der Waals surface area contributed by atoms with Gasteiger partial charge in [0.25, 0.3) is 0 Å². The number of rotatable bonds is 3. The van der Waals surface area contributed by atoms with Gasteiger partial charge in [-0.3, -0.25) is 10.1 Å². The van der Waals surface area contributed by atoms with Gasteiger partial charge in [-0.2, -0.15) is 0 Å². The summed E-state index contributed by atoms with van der Waals surface area (Å²) in [5, 5.41) is 5.20. The molecule has 0 aliphatic rings. The van der Waals surface area contributed by atoms with E-state index in [1.165, 1.54) is 0 Å². The highest BCUT2D eigenvalue weighted by Crippen LogP contribution is 2.13. The van der Waals surface area contributed by atoms with Crippen LogP contribution in [0.5, 0.6) is 0 Å². The molecular weight excluding hydrogens is 242 g/mol. The van der Waals surface area contributed by atoms with E-state index in [1.54, 1.807) is 36.5 Å². The van der Waals surface area contributed by atoms with Gasteiger partial charge in [-0.05, 0) is 30.7 Å². The Balaban J connectivity index is 2.05. The van der Waals surface area contributed by atoms with E-state index < -0.39 is 6.03 Å². The molecule has 0 saturated carbocycles. The number of anilines is 2. The summed E-state index contributed by atoms with van der Waals surface area (Å²) < 4.78 is 0. The molecule has 19 heavy (non-hydrogen) atoms. The molecule has 0 spiro atoms. The van der Waals surface area contributed by atoms with Crippen LogP contribution in [0.15, 0.2) is 42.6 Å². The van der Waals surface area contributed by atoms with Crippen molar-refractivity contribution in [1.82, 2.24) is 4.98 Å². The van der Waals surface area contributed by atoms with Gasteiger partial charge in [0.05, 0.1) is 5.69 Å². The number of aromatic nitrogens is 1. The highest BCUT2D eigenvalue weighted by molar-refractivity contribution is 6.02. The Labute approximate surface area is 110 Å². The number of benzene rings is 1. The molecular formula is C14H13N3O2. The highest BCUT2D eigenvalue weighted by Gasteiger charge is 2.06. The van der Waals surface area contributed by atoms with E-state index in [0.29, 0.717) is 23.4 Å². The molecule has 2 aromatic rings. The van der Waals surface area contributed by atoms with Crippen molar-refractivity contribution < 1.29 is 9.59 Å². The smallest absolute Gasteiger partial charge is 0.307 e. The third-order valence-electron chi connectivity index (χ3n) is 2.49. The van der Waals surface area contributed by atoms with E-state index in [-0.39, 0.29) is 0 Å². The standard InChI is InChI=1S/C14H13N3O2/c1-10-6-7-13(15-8-10)17-14(19)16-12-5-3-2-4-11(12)9-18/h2-9H,1H3,(H2,15,16,17,19). The molecule has 0 aliphatic carbocycles. The average molecular weight is 255 g/mol. The Bertz CT molecular complexity index is 594. The Kier molecular flexibility index (Phi) is 3.87. The SMILES string of the molecule is Cc1ccc(NC(=O)Nc2ccccc2C=O)nc1. The van der Waals surface area contributed by atoms with Gasteiger partial charge in [0.2, 0.25) is 0 Å². The Morgan fingerprint density at radius 3 is 2.63 bits per heavy atom. The molecule has 2 rings (SSSR count). The Morgan fingerprint density at radius 2 is 1.95 bits per heavy atom. The molecule has 0 atom stereocenters. The van der Waals surface area contributed by atoms with Crippen molar-refractivity contribution in [3.8, 4) is 0 Å². The fraction of sp³-hybridized carbons (Fsp3) is 0.0714. The number of pyridine rings is 1. The quantitative estimate of drug-likeness (QED) is 0.828. The maximum Gasteiger partial charge on any atom is 0.324 e. The summed E-state index contributed by atoms with van der Waals surface area (Å²) in [5.74, 6) is 0.451. The van der Waals surface area contributed by atoms with Gasteiger partial charge >= 0.3 is 6.03 Å². The van der Waals surface area contributed by atoms with Crippen molar-refractivity contribution >= 4 is 23.8 Å². The zero-order valence-electron chi connectivity index (χ0n) is 10.4. The Hall–Kier alpha value is -2.69. The summed E-state index contributed by atoms with van der Waals surface area (Å²) in [6, 6.07) is 9.88. The maximum atomic E-state index is 11.8. The predicted molar refractivity (Wildman–Crippen MR) is 73.4 cm³/mol. The third kappa shape index (κ3) is 3.38. The number of carbonyl (C=O) groups is 2. The van der Waals surface area contributed by atoms with Crippen LogP contribution < -0.4 is 10.6 Å². The van der Waals surface area contributed by atoms with Gasteiger partial charge in [-0.1, -0.05) is 18.2 Å². The van der Waals surface area contributed by atoms with Crippen molar-refractivity contribution in [1.29, 1.82) is 0 Å². The van der Waals surface area contributed by atoms with Crippen LogP contribution in [-0.2, 0) is 0 Å². The van der Waals surface area contributed by atoms with Crippen molar-refractivity contribution in [2.45, 2.75) is 6.92 Å². The van der Waals surface area contributed by atoms with E-state index in [2.05, 4.69) is 15.6 Å². The molecule has 96 valence electrons. The molecule has 0 saturated heterocycles. The molecule has 0 radical (unpaired) electrons. The lowest BCUT2D eigenvalue weighted by atomic mass is 10.2. The number of nitrogens with zero attached hydrogens (tertiary/aromatic N) is 1. The van der Waals surface area contributed by atoms with Crippen LogP contribution in [0.4, 0.5) is 16.3 Å². The second-order valence-electron chi connectivity index (χ2n) is 4.01. The third-order valence-corrected chi connectivity index (χ3v) is 2.49. The monoisotopic (exact) mass is 255 g/mol. The van der Waals surface area contributed by atoms with Crippen LogP contribution in [-0.4, -0.2) is 17.3 Å². The van der Waals surface area contributed by atoms with Gasteiger partial charge in [-0.15, -0.1) is 0 Å². The summed E-state index contributed by atoms with van der Waals surface area (Å²) >= 11 is 0. The number of urea groups is 1. The number of hydrogen-bond donors (Lipinski definition) is 2. The second-order valence-corrected chi connectivity index (χ2v) is 4.01. The lowest BCUT2D eigenvalue weighted by molar-refractivity contribution is 0.112. The van der Waals surface area contributed by atoms with Gasteiger partial charge < -0.3 is 5.32 Å². The zero-order chi connectivity index (χ0) is 13.7. The average Bonchev–Trinajstić information content (AvgIpc) is 2.42. The molecule has 5 heteroatoms. The molecule has 0 aliphatic heterocycles. The topological polar surface area (TPSA) is 71.1 Å². The number of carbonyl (C=O) groups excluding carboxylic acids is 2. The predicted octanol–water partition coefficient (Wildman–Crippen LogP) is 2.85. The van der Waals surface area contributed by atoms with Gasteiger partial charge in [0.1, 0.15) is 5.82 Å². The van der Waals surface area contributed by atoms with Crippen molar-refractivity contribution in [2.24, 2.45) is 0 Å². The first kappa shape index (κ1) is 12.8. The highest BCUT2D eigenvalue weighted by atomic mass is 16.2. The minimum absolute atomic E-state index is 0.425. The summed E-state index contributed by atoms with van der Waals surface area (Å²) in [6.07, 6.45) is 2.36. The molecule has 1 aromatic carbocycles. The molecule has 2 amide bonds.